The minimum Gasteiger partial charge on any atom is -0.460 e. The standard InChI is InChI=1S/C12H11N3O3/c1-2-18-12(17)11(16)9-5-3-4-6-10(9)15-8-13-7-14-15/h3-8H,2H2,1H3. The van der Waals surface area contributed by atoms with Crippen molar-refractivity contribution >= 4 is 11.8 Å². The molecule has 0 amide bonds. The van der Waals surface area contributed by atoms with Crippen molar-refractivity contribution in [2.24, 2.45) is 0 Å². The monoisotopic (exact) mass is 245 g/mol. The summed E-state index contributed by atoms with van der Waals surface area (Å²) in [5, 5.41) is 3.94. The third-order valence-electron chi connectivity index (χ3n) is 2.28. The zero-order chi connectivity index (χ0) is 13.0. The highest BCUT2D eigenvalue weighted by molar-refractivity contribution is 6.41. The number of hydrogen-bond acceptors (Lipinski definition) is 5. The number of esters is 1. The SMILES string of the molecule is CCOC(=O)C(=O)c1ccccc1-n1cncn1. The summed E-state index contributed by atoms with van der Waals surface area (Å²) in [5.41, 5.74) is 0.731. The molecule has 0 bridgehead atoms. The fraction of sp³-hybridized carbons (Fsp3) is 0.167. The molecule has 6 heteroatoms. The van der Waals surface area contributed by atoms with Crippen LogP contribution in [-0.4, -0.2) is 33.1 Å². The number of Topliss-reactive ketones (excluding diaryl/α,β-unsaturated/α-hetero) is 1. The fourth-order valence-electron chi connectivity index (χ4n) is 1.50. The highest BCUT2D eigenvalue weighted by Crippen LogP contribution is 2.14. The molecule has 6 nitrogen and oxygen atoms in total. The van der Waals surface area contributed by atoms with Crippen molar-refractivity contribution in [3.8, 4) is 5.69 Å². The van der Waals surface area contributed by atoms with Gasteiger partial charge in [-0.05, 0) is 19.1 Å². The van der Waals surface area contributed by atoms with E-state index in [2.05, 4.69) is 10.1 Å². The van der Waals surface area contributed by atoms with Crippen LogP contribution in [0.2, 0.25) is 0 Å². The van der Waals surface area contributed by atoms with Gasteiger partial charge in [-0.15, -0.1) is 0 Å². The normalized spacial score (nSPS) is 10.1. The van der Waals surface area contributed by atoms with Crippen molar-refractivity contribution in [1.82, 2.24) is 14.8 Å². The predicted octanol–water partition coefficient (Wildman–Crippen LogP) is 1.01. The molecule has 0 atom stereocenters. The maximum absolute atomic E-state index is 11.9. The molecule has 0 radical (unpaired) electrons. The summed E-state index contributed by atoms with van der Waals surface area (Å²) in [5.74, 6) is -1.56. The molecule has 0 fully saturated rings. The van der Waals surface area contributed by atoms with Crippen LogP contribution in [0.15, 0.2) is 36.9 Å². The second kappa shape index (κ2) is 5.22. The number of nitrogens with zero attached hydrogens (tertiary/aromatic N) is 3. The third-order valence-corrected chi connectivity index (χ3v) is 2.28. The van der Waals surface area contributed by atoms with E-state index in [-0.39, 0.29) is 12.2 Å². The van der Waals surface area contributed by atoms with Gasteiger partial charge in [0.15, 0.2) is 0 Å². The summed E-state index contributed by atoms with van der Waals surface area (Å²) >= 11 is 0. The lowest BCUT2D eigenvalue weighted by Gasteiger charge is -2.07. The Bertz CT molecular complexity index is 564. The number of para-hydroxylation sites is 1. The Kier molecular flexibility index (Phi) is 3.47. The number of hydrogen-bond donors (Lipinski definition) is 0. The molecular weight excluding hydrogens is 234 g/mol. The van der Waals surface area contributed by atoms with Crippen LogP contribution in [0.4, 0.5) is 0 Å². The first-order valence-electron chi connectivity index (χ1n) is 5.39. The Morgan fingerprint density at radius 1 is 1.33 bits per heavy atom. The summed E-state index contributed by atoms with van der Waals surface area (Å²) in [6.07, 6.45) is 2.81. The Hall–Kier alpha value is -2.50. The van der Waals surface area contributed by atoms with Gasteiger partial charge in [-0.1, -0.05) is 12.1 Å². The van der Waals surface area contributed by atoms with Gasteiger partial charge in [0, 0.05) is 0 Å². The van der Waals surface area contributed by atoms with E-state index in [4.69, 9.17) is 4.74 Å². The minimum absolute atomic E-state index is 0.163. The van der Waals surface area contributed by atoms with Crippen molar-refractivity contribution in [1.29, 1.82) is 0 Å². The fourth-order valence-corrected chi connectivity index (χ4v) is 1.50. The number of rotatable bonds is 4. The first-order valence-corrected chi connectivity index (χ1v) is 5.39. The number of carbonyl (C=O) groups is 2. The third kappa shape index (κ3) is 2.27. The number of benzene rings is 1. The summed E-state index contributed by atoms with van der Waals surface area (Å²) in [6.45, 7) is 1.81. The molecule has 2 rings (SSSR count). The maximum atomic E-state index is 11.9. The molecule has 18 heavy (non-hydrogen) atoms. The zero-order valence-corrected chi connectivity index (χ0v) is 9.74. The molecule has 0 saturated heterocycles. The van der Waals surface area contributed by atoms with Crippen LogP contribution in [0.25, 0.3) is 5.69 Å². The largest absolute Gasteiger partial charge is 0.460 e. The van der Waals surface area contributed by atoms with Gasteiger partial charge in [0.25, 0.3) is 5.78 Å². The van der Waals surface area contributed by atoms with Gasteiger partial charge in [-0.3, -0.25) is 4.79 Å². The van der Waals surface area contributed by atoms with Gasteiger partial charge >= 0.3 is 5.97 Å². The van der Waals surface area contributed by atoms with Crippen molar-refractivity contribution < 1.29 is 14.3 Å². The Morgan fingerprint density at radius 3 is 2.78 bits per heavy atom. The van der Waals surface area contributed by atoms with Crippen LogP contribution in [0, 0.1) is 0 Å². The van der Waals surface area contributed by atoms with Gasteiger partial charge in [-0.2, -0.15) is 5.10 Å². The lowest BCUT2D eigenvalue weighted by molar-refractivity contribution is -0.137. The Balaban J connectivity index is 2.40. The molecule has 0 N–H and O–H groups in total. The zero-order valence-electron chi connectivity index (χ0n) is 9.74. The van der Waals surface area contributed by atoms with Gasteiger partial charge < -0.3 is 4.74 Å². The molecular formula is C12H11N3O3. The summed E-state index contributed by atoms with van der Waals surface area (Å²) in [4.78, 5) is 27.2. The smallest absolute Gasteiger partial charge is 0.379 e. The van der Waals surface area contributed by atoms with Crippen molar-refractivity contribution in [2.45, 2.75) is 6.92 Å². The van der Waals surface area contributed by atoms with E-state index in [1.807, 2.05) is 0 Å². The molecule has 0 spiro atoms. The van der Waals surface area contributed by atoms with E-state index in [0.29, 0.717) is 5.69 Å². The Morgan fingerprint density at radius 2 is 2.11 bits per heavy atom. The summed E-state index contributed by atoms with van der Waals surface area (Å²) in [7, 11) is 0. The van der Waals surface area contributed by atoms with Crippen LogP contribution in [0.5, 0.6) is 0 Å². The number of ketones is 1. The predicted molar refractivity (Wildman–Crippen MR) is 62.3 cm³/mol. The Labute approximate surface area is 103 Å². The minimum atomic E-state index is -0.870. The average Bonchev–Trinajstić information content (AvgIpc) is 2.92. The molecule has 2 aromatic rings. The van der Waals surface area contributed by atoms with Gasteiger partial charge in [0.2, 0.25) is 0 Å². The van der Waals surface area contributed by atoms with Crippen molar-refractivity contribution in [2.75, 3.05) is 6.61 Å². The van der Waals surface area contributed by atoms with E-state index >= 15 is 0 Å². The van der Waals surface area contributed by atoms with E-state index in [9.17, 15) is 9.59 Å². The van der Waals surface area contributed by atoms with Crippen molar-refractivity contribution in [3.05, 3.63) is 42.5 Å². The molecule has 0 aliphatic carbocycles. The van der Waals surface area contributed by atoms with Crippen molar-refractivity contribution in [3.63, 3.8) is 0 Å². The van der Waals surface area contributed by atoms with Gasteiger partial charge in [0.1, 0.15) is 12.7 Å². The molecule has 0 aliphatic rings. The molecule has 0 unspecified atom stereocenters. The molecule has 92 valence electrons. The average molecular weight is 245 g/mol. The first-order chi connectivity index (χ1) is 8.74. The molecule has 1 heterocycles. The molecule has 1 aromatic carbocycles. The molecule has 1 aromatic heterocycles. The lowest BCUT2D eigenvalue weighted by Crippen LogP contribution is -2.19. The summed E-state index contributed by atoms with van der Waals surface area (Å²) in [6, 6.07) is 6.66. The number of aromatic nitrogens is 3. The van der Waals surface area contributed by atoms with Crippen LogP contribution in [0.1, 0.15) is 17.3 Å². The highest BCUT2D eigenvalue weighted by Gasteiger charge is 2.21. The first kappa shape index (κ1) is 12.0. The molecule has 0 aliphatic heterocycles. The van der Waals surface area contributed by atoms with Crippen LogP contribution >= 0.6 is 0 Å². The topological polar surface area (TPSA) is 74.1 Å². The quantitative estimate of drug-likeness (QED) is 0.456. The van der Waals surface area contributed by atoms with E-state index < -0.39 is 11.8 Å². The van der Waals surface area contributed by atoms with Gasteiger partial charge in [0.05, 0.1) is 17.9 Å². The second-order valence-electron chi connectivity index (χ2n) is 3.41. The van der Waals surface area contributed by atoms with Crippen LogP contribution in [0.3, 0.4) is 0 Å². The van der Waals surface area contributed by atoms with E-state index in [1.54, 1.807) is 31.2 Å². The lowest BCUT2D eigenvalue weighted by atomic mass is 10.1. The second-order valence-corrected chi connectivity index (χ2v) is 3.41. The van der Waals surface area contributed by atoms with E-state index in [0.717, 1.165) is 0 Å². The van der Waals surface area contributed by atoms with Crippen LogP contribution in [-0.2, 0) is 9.53 Å². The number of carbonyl (C=O) groups excluding carboxylic acids is 2. The maximum Gasteiger partial charge on any atom is 0.379 e. The number of ether oxygens (including phenoxy) is 1. The molecule has 0 saturated carbocycles. The van der Waals surface area contributed by atoms with Gasteiger partial charge in [-0.25, -0.2) is 14.5 Å². The highest BCUT2D eigenvalue weighted by atomic mass is 16.5. The van der Waals surface area contributed by atoms with E-state index in [1.165, 1.54) is 17.3 Å². The van der Waals surface area contributed by atoms with Crippen LogP contribution < -0.4 is 0 Å². The summed E-state index contributed by atoms with van der Waals surface area (Å²) < 4.78 is 6.12.